The molecule has 1 aromatic heterocycles. The molecular weight excluding hydrogens is 288 g/mol. The van der Waals surface area contributed by atoms with Crippen molar-refractivity contribution in [1.82, 2.24) is 4.98 Å². The minimum Gasteiger partial charge on any atom is -0.366 e. The second kappa shape index (κ2) is 5.37. The van der Waals surface area contributed by atoms with Crippen LogP contribution in [0.2, 0.25) is 0 Å². The number of halogens is 2. The Morgan fingerprint density at radius 2 is 2.12 bits per heavy atom. The molecule has 4 heteroatoms. The van der Waals surface area contributed by atoms with Crippen LogP contribution < -0.4 is 5.32 Å². The molecule has 2 unspecified atom stereocenters. The number of pyridine rings is 1. The molecule has 1 aromatic rings. The van der Waals surface area contributed by atoms with Crippen molar-refractivity contribution in [2.24, 2.45) is 0 Å². The predicted molar refractivity (Wildman–Crippen MR) is 72.2 cm³/mol. The number of hydrogen-bond donors (Lipinski definition) is 1. The summed E-state index contributed by atoms with van der Waals surface area (Å²) in [7, 11) is 0. The highest BCUT2D eigenvalue weighted by Gasteiger charge is 2.23. The van der Waals surface area contributed by atoms with Crippen molar-refractivity contribution in [1.29, 1.82) is 0 Å². The highest BCUT2D eigenvalue weighted by atomic mass is 79.9. The Morgan fingerprint density at radius 1 is 1.38 bits per heavy atom. The van der Waals surface area contributed by atoms with Crippen LogP contribution >= 0.6 is 27.5 Å². The molecule has 0 amide bonds. The van der Waals surface area contributed by atoms with E-state index in [1.54, 1.807) is 0 Å². The van der Waals surface area contributed by atoms with Gasteiger partial charge in [0.05, 0.1) is 11.1 Å². The Morgan fingerprint density at radius 3 is 2.81 bits per heavy atom. The summed E-state index contributed by atoms with van der Waals surface area (Å²) in [6.07, 6.45) is 4.76. The van der Waals surface area contributed by atoms with E-state index in [1.807, 2.05) is 19.1 Å². The SMILES string of the molecule is Cc1nc(NC2CCCCC2Cl)ccc1Br. The Labute approximate surface area is 110 Å². The molecule has 0 bridgehead atoms. The molecule has 0 saturated heterocycles. The van der Waals surface area contributed by atoms with Gasteiger partial charge in [-0.25, -0.2) is 4.98 Å². The van der Waals surface area contributed by atoms with Gasteiger partial charge >= 0.3 is 0 Å². The van der Waals surface area contributed by atoms with Gasteiger partial charge in [0.1, 0.15) is 5.82 Å². The summed E-state index contributed by atoms with van der Waals surface area (Å²) >= 11 is 9.75. The quantitative estimate of drug-likeness (QED) is 0.832. The van der Waals surface area contributed by atoms with Crippen molar-refractivity contribution >= 4 is 33.3 Å². The van der Waals surface area contributed by atoms with Gasteiger partial charge < -0.3 is 5.32 Å². The summed E-state index contributed by atoms with van der Waals surface area (Å²) in [6.45, 7) is 1.99. The van der Waals surface area contributed by atoms with Crippen LogP contribution in [-0.2, 0) is 0 Å². The molecule has 2 atom stereocenters. The van der Waals surface area contributed by atoms with Crippen LogP contribution in [0, 0.1) is 6.92 Å². The molecule has 16 heavy (non-hydrogen) atoms. The first-order chi connectivity index (χ1) is 7.66. The van der Waals surface area contributed by atoms with Crippen molar-refractivity contribution in [3.8, 4) is 0 Å². The zero-order chi connectivity index (χ0) is 11.5. The van der Waals surface area contributed by atoms with Crippen LogP contribution in [0.15, 0.2) is 16.6 Å². The lowest BCUT2D eigenvalue weighted by Crippen LogP contribution is -2.33. The van der Waals surface area contributed by atoms with Crippen molar-refractivity contribution in [3.05, 3.63) is 22.3 Å². The molecule has 0 aromatic carbocycles. The first-order valence-corrected chi connectivity index (χ1v) is 6.93. The van der Waals surface area contributed by atoms with E-state index >= 15 is 0 Å². The van der Waals surface area contributed by atoms with E-state index in [-0.39, 0.29) is 5.38 Å². The van der Waals surface area contributed by atoms with E-state index < -0.39 is 0 Å². The molecule has 0 radical (unpaired) electrons. The van der Waals surface area contributed by atoms with Gasteiger partial charge in [-0.1, -0.05) is 12.8 Å². The van der Waals surface area contributed by atoms with Gasteiger partial charge in [-0.3, -0.25) is 0 Å². The fraction of sp³-hybridized carbons (Fsp3) is 0.583. The maximum atomic E-state index is 6.30. The molecule has 1 aliphatic rings. The fourth-order valence-electron chi connectivity index (χ4n) is 2.06. The van der Waals surface area contributed by atoms with E-state index in [1.165, 1.54) is 12.8 Å². The highest BCUT2D eigenvalue weighted by Crippen LogP contribution is 2.26. The van der Waals surface area contributed by atoms with E-state index in [4.69, 9.17) is 11.6 Å². The van der Waals surface area contributed by atoms with Crippen LogP contribution in [0.5, 0.6) is 0 Å². The molecule has 1 fully saturated rings. The number of rotatable bonds is 2. The number of nitrogens with one attached hydrogen (secondary N) is 1. The summed E-state index contributed by atoms with van der Waals surface area (Å²) in [5.74, 6) is 0.929. The van der Waals surface area contributed by atoms with E-state index in [9.17, 15) is 0 Å². The molecule has 0 aliphatic heterocycles. The summed E-state index contributed by atoms with van der Waals surface area (Å²) in [5.41, 5.74) is 1.01. The highest BCUT2D eigenvalue weighted by molar-refractivity contribution is 9.10. The predicted octanol–water partition coefficient (Wildman–Crippen LogP) is 4.11. The monoisotopic (exact) mass is 302 g/mol. The lowest BCUT2D eigenvalue weighted by Gasteiger charge is -2.28. The average molecular weight is 304 g/mol. The van der Waals surface area contributed by atoms with E-state index in [0.29, 0.717) is 6.04 Å². The van der Waals surface area contributed by atoms with Crippen molar-refractivity contribution in [2.75, 3.05) is 5.32 Å². The Bertz CT molecular complexity index is 370. The molecule has 1 heterocycles. The largest absolute Gasteiger partial charge is 0.366 e. The van der Waals surface area contributed by atoms with E-state index in [2.05, 4.69) is 26.2 Å². The number of hydrogen-bond acceptors (Lipinski definition) is 2. The zero-order valence-corrected chi connectivity index (χ0v) is 11.7. The number of anilines is 1. The minimum absolute atomic E-state index is 0.236. The summed E-state index contributed by atoms with van der Waals surface area (Å²) < 4.78 is 1.05. The Balaban J connectivity index is 2.05. The smallest absolute Gasteiger partial charge is 0.126 e. The minimum atomic E-state index is 0.236. The Hall–Kier alpha value is -0.280. The van der Waals surface area contributed by atoms with Crippen molar-refractivity contribution in [3.63, 3.8) is 0 Å². The third kappa shape index (κ3) is 2.89. The maximum Gasteiger partial charge on any atom is 0.126 e. The van der Waals surface area contributed by atoms with Gasteiger partial charge in [-0.15, -0.1) is 11.6 Å². The Kier molecular flexibility index (Phi) is 4.09. The van der Waals surface area contributed by atoms with E-state index in [0.717, 1.165) is 28.8 Å². The van der Waals surface area contributed by atoms with Crippen LogP contribution in [-0.4, -0.2) is 16.4 Å². The number of aromatic nitrogens is 1. The van der Waals surface area contributed by atoms with Crippen LogP contribution in [0.25, 0.3) is 0 Å². The van der Waals surface area contributed by atoms with Gasteiger partial charge in [-0.2, -0.15) is 0 Å². The molecule has 0 spiro atoms. The summed E-state index contributed by atoms with van der Waals surface area (Å²) in [4.78, 5) is 4.48. The fourth-order valence-corrected chi connectivity index (χ4v) is 2.63. The van der Waals surface area contributed by atoms with Gasteiger partial charge in [0, 0.05) is 10.5 Å². The molecule has 2 nitrogen and oxygen atoms in total. The van der Waals surface area contributed by atoms with Crippen LogP contribution in [0.1, 0.15) is 31.4 Å². The standard InChI is InChI=1S/C12H16BrClN2/c1-8-9(13)6-7-12(15-8)16-11-5-3-2-4-10(11)14/h6-7,10-11H,2-5H2,1H3,(H,15,16). The normalized spacial score (nSPS) is 25.4. The molecule has 1 N–H and O–H groups in total. The molecule has 1 saturated carbocycles. The second-order valence-electron chi connectivity index (χ2n) is 4.32. The lowest BCUT2D eigenvalue weighted by atomic mass is 9.95. The van der Waals surface area contributed by atoms with Crippen LogP contribution in [0.4, 0.5) is 5.82 Å². The molecule has 1 aliphatic carbocycles. The topological polar surface area (TPSA) is 24.9 Å². The summed E-state index contributed by atoms with van der Waals surface area (Å²) in [6, 6.07) is 4.38. The molecule has 2 rings (SSSR count). The maximum absolute atomic E-state index is 6.30. The number of nitrogens with zero attached hydrogens (tertiary/aromatic N) is 1. The molecule has 88 valence electrons. The van der Waals surface area contributed by atoms with Crippen molar-refractivity contribution in [2.45, 2.75) is 44.0 Å². The third-order valence-electron chi connectivity index (χ3n) is 3.04. The second-order valence-corrected chi connectivity index (χ2v) is 5.73. The number of aryl methyl sites for hydroxylation is 1. The average Bonchev–Trinajstić information content (AvgIpc) is 2.27. The van der Waals surface area contributed by atoms with Gasteiger partial charge in [0.25, 0.3) is 0 Å². The molecular formula is C12H16BrClN2. The van der Waals surface area contributed by atoms with Gasteiger partial charge in [0.2, 0.25) is 0 Å². The zero-order valence-electron chi connectivity index (χ0n) is 9.34. The van der Waals surface area contributed by atoms with Crippen LogP contribution in [0.3, 0.4) is 0 Å². The first-order valence-electron chi connectivity index (χ1n) is 5.70. The van der Waals surface area contributed by atoms with Gasteiger partial charge in [0.15, 0.2) is 0 Å². The number of alkyl halides is 1. The third-order valence-corrected chi connectivity index (χ3v) is 4.40. The first kappa shape index (κ1) is 12.2. The lowest BCUT2D eigenvalue weighted by molar-refractivity contribution is 0.468. The van der Waals surface area contributed by atoms with Gasteiger partial charge in [-0.05, 0) is 47.8 Å². The summed E-state index contributed by atoms with van der Waals surface area (Å²) in [5, 5.41) is 3.67. The van der Waals surface area contributed by atoms with Crippen molar-refractivity contribution < 1.29 is 0 Å².